The molecule has 2 N–H and O–H groups in total. The Bertz CT molecular complexity index is 1350. The molecular formula is C31H38N2O12. The van der Waals surface area contributed by atoms with Crippen LogP contribution in [-0.2, 0) is 49.3 Å². The zero-order chi connectivity index (χ0) is 33.1. The highest BCUT2D eigenvalue weighted by Crippen LogP contribution is 2.29. The molecule has 0 spiro atoms. The van der Waals surface area contributed by atoms with Crippen molar-refractivity contribution in [3.63, 3.8) is 0 Å². The molecule has 2 heterocycles. The minimum atomic E-state index is -1.51. The Hall–Kier alpha value is -4.72. The molecule has 4 atom stereocenters. The van der Waals surface area contributed by atoms with E-state index in [9.17, 15) is 29.1 Å². The van der Waals surface area contributed by atoms with Crippen molar-refractivity contribution < 1.29 is 57.5 Å². The Morgan fingerprint density at radius 3 is 2.44 bits per heavy atom. The van der Waals surface area contributed by atoms with Crippen LogP contribution in [0.2, 0.25) is 0 Å². The van der Waals surface area contributed by atoms with Crippen LogP contribution in [0.15, 0.2) is 42.6 Å². The number of hydrogen-bond donors (Lipinski definition) is 2. The van der Waals surface area contributed by atoms with E-state index in [0.29, 0.717) is 0 Å². The fourth-order valence-corrected chi connectivity index (χ4v) is 4.15. The highest BCUT2D eigenvalue weighted by Gasteiger charge is 2.42. The first-order valence-corrected chi connectivity index (χ1v) is 14.4. The molecule has 0 radical (unpaired) electrons. The van der Waals surface area contributed by atoms with Crippen LogP contribution >= 0.6 is 0 Å². The van der Waals surface area contributed by atoms with E-state index < -0.39 is 90.5 Å². The number of cyclic esters (lactones) is 2. The van der Waals surface area contributed by atoms with E-state index in [-0.39, 0.29) is 19.1 Å². The van der Waals surface area contributed by atoms with Gasteiger partial charge < -0.3 is 38.8 Å². The summed E-state index contributed by atoms with van der Waals surface area (Å²) in [6, 6.07) is 8.61. The van der Waals surface area contributed by atoms with Crippen molar-refractivity contribution in [3.05, 3.63) is 53.9 Å². The molecule has 1 saturated heterocycles. The van der Waals surface area contributed by atoms with Gasteiger partial charge in [-0.15, -0.1) is 0 Å². The van der Waals surface area contributed by atoms with E-state index in [0.717, 1.165) is 17.8 Å². The van der Waals surface area contributed by atoms with Gasteiger partial charge in [-0.05, 0) is 32.8 Å². The summed E-state index contributed by atoms with van der Waals surface area (Å²) in [5.74, 6) is -6.58. The topological polar surface area (TPSA) is 186 Å². The lowest BCUT2D eigenvalue weighted by Gasteiger charge is -2.29. The maximum atomic E-state index is 13.4. The van der Waals surface area contributed by atoms with Crippen LogP contribution in [0, 0.1) is 11.8 Å². The largest absolute Gasteiger partial charge is 0.504 e. The van der Waals surface area contributed by atoms with E-state index >= 15 is 0 Å². The molecule has 14 nitrogen and oxygen atoms in total. The highest BCUT2D eigenvalue weighted by atomic mass is 16.7. The minimum Gasteiger partial charge on any atom is -0.504 e. The van der Waals surface area contributed by atoms with Gasteiger partial charge in [0, 0.05) is 12.3 Å². The molecule has 2 unspecified atom stereocenters. The third kappa shape index (κ3) is 10.2. The summed E-state index contributed by atoms with van der Waals surface area (Å²) >= 11 is 0. The Labute approximate surface area is 260 Å². The van der Waals surface area contributed by atoms with E-state index in [4.69, 9.17) is 28.4 Å². The summed E-state index contributed by atoms with van der Waals surface area (Å²) in [6.45, 7) is 6.57. The predicted molar refractivity (Wildman–Crippen MR) is 155 cm³/mol. The third-order valence-electron chi connectivity index (χ3n) is 6.52. The smallest absolute Gasteiger partial charge is 0.334 e. The standard InChI is InChI=1S/C31H38N2O12/c1-17(2)29(37)45-26-19(5)44-31(39)22(14-41-30(38)21(26)13-20-9-7-6-8-10-20)33-28(36)25-27(23(34)11-12-32-25)43-16-42-24(35)15-40-18(3)4/h6-12,17-19,21-22,26H,13-16H2,1-5H3,(H,32,34)(H,33,36)/t19-,21+,22?,26?/m0/s1. The van der Waals surface area contributed by atoms with Crippen LogP contribution in [0.1, 0.15) is 50.7 Å². The first-order chi connectivity index (χ1) is 21.4. The number of carbonyl (C=O) groups excluding carboxylic acids is 5. The Kier molecular flexibility index (Phi) is 12.7. The number of aromatic hydroxyl groups is 1. The summed E-state index contributed by atoms with van der Waals surface area (Å²) in [5.41, 5.74) is 0.301. The van der Waals surface area contributed by atoms with Crippen LogP contribution in [0.25, 0.3) is 0 Å². The zero-order valence-corrected chi connectivity index (χ0v) is 25.7. The molecule has 1 aromatic carbocycles. The Morgan fingerprint density at radius 2 is 1.78 bits per heavy atom. The summed E-state index contributed by atoms with van der Waals surface area (Å²) < 4.78 is 32.0. The quantitative estimate of drug-likeness (QED) is 0.197. The van der Waals surface area contributed by atoms with Gasteiger partial charge in [0.05, 0.1) is 12.0 Å². The average Bonchev–Trinajstić information content (AvgIpc) is 3.03. The molecule has 1 fully saturated rings. The molecule has 0 bridgehead atoms. The van der Waals surface area contributed by atoms with Crippen LogP contribution in [0.4, 0.5) is 0 Å². The fraction of sp³-hybridized carbons (Fsp3) is 0.484. The van der Waals surface area contributed by atoms with Crippen LogP contribution in [0.3, 0.4) is 0 Å². The molecule has 3 rings (SSSR count). The number of pyridine rings is 1. The number of hydrogen-bond acceptors (Lipinski definition) is 13. The van der Waals surface area contributed by atoms with Crippen molar-refractivity contribution in [1.82, 2.24) is 10.3 Å². The lowest BCUT2D eigenvalue weighted by atomic mass is 9.91. The van der Waals surface area contributed by atoms with Gasteiger partial charge in [-0.25, -0.2) is 14.6 Å². The van der Waals surface area contributed by atoms with Gasteiger partial charge in [0.25, 0.3) is 5.91 Å². The monoisotopic (exact) mass is 630 g/mol. The molecular weight excluding hydrogens is 592 g/mol. The maximum absolute atomic E-state index is 13.4. The molecule has 45 heavy (non-hydrogen) atoms. The number of esters is 4. The van der Waals surface area contributed by atoms with E-state index in [2.05, 4.69) is 10.3 Å². The Morgan fingerprint density at radius 1 is 1.07 bits per heavy atom. The number of carbonyl (C=O) groups is 5. The SMILES string of the molecule is CC(C)OCC(=O)OCOc1c(O)ccnc1C(=O)NC1COC(=O)[C@H](Cc2ccccc2)C(OC(=O)C(C)C)[C@H](C)OC1=O. The predicted octanol–water partition coefficient (Wildman–Crippen LogP) is 2.11. The number of amides is 1. The number of rotatable bonds is 12. The summed E-state index contributed by atoms with van der Waals surface area (Å²) in [5, 5.41) is 12.7. The number of nitrogens with one attached hydrogen (secondary N) is 1. The van der Waals surface area contributed by atoms with Gasteiger partial charge in [0.15, 0.2) is 29.3 Å². The average molecular weight is 631 g/mol. The summed E-state index contributed by atoms with van der Waals surface area (Å²) in [6.07, 6.45) is -1.27. The third-order valence-corrected chi connectivity index (χ3v) is 6.52. The summed E-state index contributed by atoms with van der Waals surface area (Å²) in [4.78, 5) is 68.1. The molecule has 244 valence electrons. The zero-order valence-electron chi connectivity index (χ0n) is 25.7. The number of nitrogens with zero attached hydrogens (tertiary/aromatic N) is 1. The number of benzene rings is 1. The normalized spacial score (nSPS) is 20.2. The van der Waals surface area contributed by atoms with Gasteiger partial charge >= 0.3 is 23.9 Å². The van der Waals surface area contributed by atoms with Gasteiger partial charge in [0.2, 0.25) is 6.79 Å². The van der Waals surface area contributed by atoms with Crippen LogP contribution < -0.4 is 10.1 Å². The van der Waals surface area contributed by atoms with E-state index in [1.807, 2.05) is 6.07 Å². The van der Waals surface area contributed by atoms with Crippen LogP contribution in [-0.4, -0.2) is 84.2 Å². The van der Waals surface area contributed by atoms with E-state index in [1.54, 1.807) is 52.0 Å². The Balaban J connectivity index is 1.78. The first-order valence-electron chi connectivity index (χ1n) is 14.4. The van der Waals surface area contributed by atoms with E-state index in [1.165, 1.54) is 6.92 Å². The molecule has 1 aliphatic rings. The highest BCUT2D eigenvalue weighted by molar-refractivity contribution is 5.98. The molecule has 14 heteroatoms. The molecule has 1 aromatic heterocycles. The van der Waals surface area contributed by atoms with Crippen molar-refractivity contribution >= 4 is 29.8 Å². The second-order valence-corrected chi connectivity index (χ2v) is 10.8. The molecule has 1 amide bonds. The summed E-state index contributed by atoms with van der Waals surface area (Å²) in [7, 11) is 0. The van der Waals surface area contributed by atoms with Crippen molar-refractivity contribution in [1.29, 1.82) is 0 Å². The van der Waals surface area contributed by atoms with Gasteiger partial charge in [0.1, 0.15) is 25.2 Å². The van der Waals surface area contributed by atoms with Gasteiger partial charge in [-0.3, -0.25) is 14.4 Å². The second-order valence-electron chi connectivity index (χ2n) is 10.8. The molecule has 0 saturated carbocycles. The van der Waals surface area contributed by atoms with Crippen molar-refractivity contribution in [2.45, 2.75) is 65.4 Å². The lowest BCUT2D eigenvalue weighted by Crippen LogP contribution is -2.47. The maximum Gasteiger partial charge on any atom is 0.334 e. The number of ether oxygens (including phenoxy) is 6. The van der Waals surface area contributed by atoms with Gasteiger partial charge in [-0.2, -0.15) is 0 Å². The first kappa shape index (κ1) is 34.8. The van der Waals surface area contributed by atoms with Crippen LogP contribution in [0.5, 0.6) is 11.5 Å². The number of aromatic nitrogens is 1. The molecule has 1 aliphatic heterocycles. The van der Waals surface area contributed by atoms with Crippen molar-refractivity contribution in [3.8, 4) is 11.5 Å². The lowest BCUT2D eigenvalue weighted by molar-refractivity contribution is -0.176. The molecule has 2 aromatic rings. The minimum absolute atomic E-state index is 0.122. The van der Waals surface area contributed by atoms with Crippen molar-refractivity contribution in [2.24, 2.45) is 11.8 Å². The molecule has 0 aliphatic carbocycles. The van der Waals surface area contributed by atoms with Gasteiger partial charge in [-0.1, -0.05) is 44.2 Å². The second kappa shape index (κ2) is 16.4. The fourth-order valence-electron chi connectivity index (χ4n) is 4.15. The van der Waals surface area contributed by atoms with Crippen molar-refractivity contribution in [2.75, 3.05) is 20.0 Å².